The van der Waals surface area contributed by atoms with Crippen molar-refractivity contribution in [3.8, 4) is 11.6 Å². The van der Waals surface area contributed by atoms with Gasteiger partial charge in [0.15, 0.2) is 11.7 Å². The van der Waals surface area contributed by atoms with Gasteiger partial charge in [-0.15, -0.1) is 5.10 Å². The van der Waals surface area contributed by atoms with Crippen molar-refractivity contribution in [2.45, 2.75) is 39.3 Å². The summed E-state index contributed by atoms with van der Waals surface area (Å²) in [6.07, 6.45) is 3.67. The van der Waals surface area contributed by atoms with Crippen molar-refractivity contribution in [3.63, 3.8) is 0 Å². The number of hydrogen-bond acceptors (Lipinski definition) is 6. The van der Waals surface area contributed by atoms with Crippen LogP contribution in [0.4, 0.5) is 5.82 Å². The highest BCUT2D eigenvalue weighted by Crippen LogP contribution is 2.18. The van der Waals surface area contributed by atoms with E-state index in [0.717, 1.165) is 49.9 Å². The van der Waals surface area contributed by atoms with Crippen molar-refractivity contribution in [2.24, 2.45) is 4.99 Å². The Morgan fingerprint density at radius 1 is 1.23 bits per heavy atom. The summed E-state index contributed by atoms with van der Waals surface area (Å²) in [5, 5.41) is 14.0. The molecule has 4 rings (SSSR count). The van der Waals surface area contributed by atoms with Crippen LogP contribution >= 0.6 is 0 Å². The van der Waals surface area contributed by atoms with Crippen LogP contribution in [0.1, 0.15) is 31.3 Å². The Balaban J connectivity index is 1.32. The minimum atomic E-state index is 0.372. The summed E-state index contributed by atoms with van der Waals surface area (Å²) in [5.74, 6) is 3.73. The van der Waals surface area contributed by atoms with E-state index in [4.69, 9.17) is 4.42 Å². The summed E-state index contributed by atoms with van der Waals surface area (Å²) in [6.45, 7) is 7.25. The maximum Gasteiger partial charge on any atom is 0.216 e. The summed E-state index contributed by atoms with van der Waals surface area (Å²) in [4.78, 5) is 16.1. The van der Waals surface area contributed by atoms with Gasteiger partial charge < -0.3 is 20.0 Å². The Kier molecular flexibility index (Phi) is 6.26. The molecule has 3 aromatic heterocycles. The van der Waals surface area contributed by atoms with Crippen molar-refractivity contribution < 1.29 is 4.42 Å². The van der Waals surface area contributed by atoms with Crippen LogP contribution < -0.4 is 15.5 Å². The van der Waals surface area contributed by atoms with Gasteiger partial charge >= 0.3 is 0 Å². The third-order valence-electron chi connectivity index (χ3n) is 5.04. The monoisotopic (exact) mass is 408 g/mol. The van der Waals surface area contributed by atoms with Crippen molar-refractivity contribution in [2.75, 3.05) is 24.5 Å². The van der Waals surface area contributed by atoms with E-state index in [1.54, 1.807) is 6.26 Å². The Morgan fingerprint density at radius 3 is 2.83 bits per heavy atom. The van der Waals surface area contributed by atoms with E-state index in [-0.39, 0.29) is 0 Å². The van der Waals surface area contributed by atoms with Crippen LogP contribution in [0, 0.1) is 6.92 Å². The zero-order valence-electron chi connectivity index (χ0n) is 17.4. The van der Waals surface area contributed by atoms with Gasteiger partial charge in [-0.1, -0.05) is 6.07 Å². The van der Waals surface area contributed by atoms with Gasteiger partial charge in [0, 0.05) is 31.4 Å². The van der Waals surface area contributed by atoms with Crippen LogP contribution in [0.25, 0.3) is 11.6 Å². The first kappa shape index (κ1) is 19.9. The Bertz CT molecular complexity index is 957. The summed E-state index contributed by atoms with van der Waals surface area (Å²) in [7, 11) is 0. The molecule has 4 heterocycles. The molecule has 0 unspecified atom stereocenters. The number of anilines is 1. The average Bonchev–Trinajstić information content (AvgIpc) is 3.45. The summed E-state index contributed by atoms with van der Waals surface area (Å²) < 4.78 is 5.33. The minimum absolute atomic E-state index is 0.372. The lowest BCUT2D eigenvalue weighted by Gasteiger charge is -2.34. The number of aromatic amines is 1. The van der Waals surface area contributed by atoms with E-state index in [1.807, 2.05) is 25.1 Å². The number of nitrogens with one attached hydrogen (secondary N) is 3. The zero-order chi connectivity index (χ0) is 20.8. The number of piperidine rings is 1. The predicted octanol–water partition coefficient (Wildman–Crippen LogP) is 2.49. The molecule has 0 atom stereocenters. The Hall–Kier alpha value is -3.36. The molecule has 9 nitrogen and oxygen atoms in total. The van der Waals surface area contributed by atoms with Crippen LogP contribution in [0.2, 0.25) is 0 Å². The van der Waals surface area contributed by atoms with Gasteiger partial charge in [0.25, 0.3) is 0 Å². The molecule has 1 saturated heterocycles. The van der Waals surface area contributed by atoms with E-state index < -0.39 is 0 Å². The second-order valence-electron chi connectivity index (χ2n) is 7.32. The number of aryl methyl sites for hydroxylation is 1. The molecule has 0 radical (unpaired) electrons. The van der Waals surface area contributed by atoms with Gasteiger partial charge in [0.1, 0.15) is 18.2 Å². The third kappa shape index (κ3) is 4.97. The Morgan fingerprint density at radius 2 is 2.10 bits per heavy atom. The minimum Gasteiger partial charge on any atom is -0.461 e. The number of furan rings is 1. The lowest BCUT2D eigenvalue weighted by molar-refractivity contribution is 0.459. The lowest BCUT2D eigenvalue weighted by Crippen LogP contribution is -2.49. The summed E-state index contributed by atoms with van der Waals surface area (Å²) >= 11 is 0. The fourth-order valence-electron chi connectivity index (χ4n) is 3.51. The van der Waals surface area contributed by atoms with Crippen molar-refractivity contribution in [1.82, 2.24) is 30.8 Å². The van der Waals surface area contributed by atoms with Crippen LogP contribution in [0.3, 0.4) is 0 Å². The summed E-state index contributed by atoms with van der Waals surface area (Å²) in [5.41, 5.74) is 1.05. The van der Waals surface area contributed by atoms with Gasteiger partial charge in [-0.05, 0) is 51.0 Å². The van der Waals surface area contributed by atoms with Gasteiger partial charge in [0.05, 0.1) is 6.26 Å². The fraction of sp³-hybridized carbons (Fsp3) is 0.429. The third-order valence-corrected chi connectivity index (χ3v) is 5.04. The van der Waals surface area contributed by atoms with Crippen molar-refractivity contribution in [1.29, 1.82) is 0 Å². The van der Waals surface area contributed by atoms with Gasteiger partial charge in [0.2, 0.25) is 5.82 Å². The zero-order valence-corrected chi connectivity index (χ0v) is 17.4. The molecule has 0 aliphatic carbocycles. The number of rotatable bonds is 6. The summed E-state index contributed by atoms with van der Waals surface area (Å²) in [6, 6.07) is 10.2. The smallest absolute Gasteiger partial charge is 0.216 e. The molecule has 9 heteroatoms. The van der Waals surface area contributed by atoms with Crippen LogP contribution in [-0.2, 0) is 6.54 Å². The van der Waals surface area contributed by atoms with Crippen LogP contribution in [0.5, 0.6) is 0 Å². The molecule has 30 heavy (non-hydrogen) atoms. The normalized spacial score (nSPS) is 15.4. The number of aromatic nitrogens is 4. The SMILES string of the molecule is CCNC(=NCc1nc(-c2ccco2)n[nH]1)NC1CCN(c2cccc(C)n2)CC1. The van der Waals surface area contributed by atoms with E-state index >= 15 is 0 Å². The molecule has 0 spiro atoms. The molecule has 1 fully saturated rings. The molecule has 0 amide bonds. The highest BCUT2D eigenvalue weighted by atomic mass is 16.3. The number of nitrogens with zero attached hydrogens (tertiary/aromatic N) is 5. The first-order valence-electron chi connectivity index (χ1n) is 10.4. The molecule has 3 N–H and O–H groups in total. The lowest BCUT2D eigenvalue weighted by atomic mass is 10.1. The van der Waals surface area contributed by atoms with Crippen molar-refractivity contribution >= 4 is 11.8 Å². The largest absolute Gasteiger partial charge is 0.461 e. The highest BCUT2D eigenvalue weighted by molar-refractivity contribution is 5.80. The maximum atomic E-state index is 5.33. The molecule has 0 aromatic carbocycles. The fourth-order valence-corrected chi connectivity index (χ4v) is 3.51. The molecule has 1 aliphatic heterocycles. The standard InChI is InChI=1S/C21H28N8O/c1-3-22-21(23-14-18-26-20(28-27-18)17-7-5-13-30-17)25-16-9-11-29(12-10-16)19-8-4-6-15(2)24-19/h4-8,13,16H,3,9-12,14H2,1-2H3,(H2,22,23,25)(H,26,27,28). The first-order valence-corrected chi connectivity index (χ1v) is 10.4. The Labute approximate surface area is 176 Å². The second-order valence-corrected chi connectivity index (χ2v) is 7.32. The molecule has 158 valence electrons. The van der Waals surface area contributed by atoms with E-state index in [2.05, 4.69) is 59.7 Å². The quantitative estimate of drug-likeness (QED) is 0.425. The average molecular weight is 409 g/mol. The van der Waals surface area contributed by atoms with Crippen molar-refractivity contribution in [3.05, 3.63) is 48.1 Å². The number of H-pyrrole nitrogens is 1. The van der Waals surface area contributed by atoms with Crippen LogP contribution in [0.15, 0.2) is 46.0 Å². The van der Waals surface area contributed by atoms with Gasteiger partial charge in [-0.2, -0.15) is 0 Å². The predicted molar refractivity (Wildman–Crippen MR) is 116 cm³/mol. The van der Waals surface area contributed by atoms with Gasteiger partial charge in [-0.25, -0.2) is 15.0 Å². The number of pyridine rings is 1. The number of aliphatic imine (C=N–C) groups is 1. The maximum absolute atomic E-state index is 5.33. The highest BCUT2D eigenvalue weighted by Gasteiger charge is 2.21. The molecule has 0 bridgehead atoms. The molecule has 1 aliphatic rings. The molecular weight excluding hydrogens is 380 g/mol. The van der Waals surface area contributed by atoms with Crippen LogP contribution in [-0.4, -0.2) is 51.8 Å². The first-order chi connectivity index (χ1) is 14.7. The topological polar surface area (TPSA) is 107 Å². The van der Waals surface area contributed by atoms with Gasteiger partial charge in [-0.3, -0.25) is 5.10 Å². The molecular formula is C21H28N8O. The van der Waals surface area contributed by atoms with E-state index in [0.29, 0.717) is 30.0 Å². The molecule has 0 saturated carbocycles. The van der Waals surface area contributed by atoms with E-state index in [9.17, 15) is 0 Å². The number of hydrogen-bond donors (Lipinski definition) is 3. The molecule has 3 aromatic rings. The number of guanidine groups is 1. The van der Waals surface area contributed by atoms with E-state index in [1.165, 1.54) is 0 Å². The second kappa shape index (κ2) is 9.43.